The number of amides is 1. The second-order valence-electron chi connectivity index (χ2n) is 7.01. The Morgan fingerprint density at radius 1 is 1.26 bits per heavy atom. The van der Waals surface area contributed by atoms with Gasteiger partial charge in [-0.05, 0) is 30.5 Å². The van der Waals surface area contributed by atoms with Gasteiger partial charge in [-0.1, -0.05) is 31.9 Å². The molecule has 6 nitrogen and oxygen atoms in total. The summed E-state index contributed by atoms with van der Waals surface area (Å²) in [5, 5.41) is 12.2. The number of rotatable bonds is 7. The van der Waals surface area contributed by atoms with Crippen molar-refractivity contribution in [3.8, 4) is 5.75 Å². The molecule has 27 heavy (non-hydrogen) atoms. The summed E-state index contributed by atoms with van der Waals surface area (Å²) in [6, 6.07) is 9.29. The molecule has 3 rings (SSSR count). The largest absolute Gasteiger partial charge is 0.497 e. The van der Waals surface area contributed by atoms with Gasteiger partial charge in [0.15, 0.2) is 5.76 Å². The number of aromatic carboxylic acids is 1. The summed E-state index contributed by atoms with van der Waals surface area (Å²) in [6.45, 7) is 2.27. The van der Waals surface area contributed by atoms with Crippen molar-refractivity contribution in [1.82, 2.24) is 5.32 Å². The first-order chi connectivity index (χ1) is 13.0. The average Bonchev–Trinajstić information content (AvgIpc) is 3.34. The number of carbonyl (C=O) groups excluding carboxylic acids is 1. The van der Waals surface area contributed by atoms with Crippen LogP contribution in [0.1, 0.15) is 64.8 Å². The Labute approximate surface area is 158 Å². The molecule has 1 heterocycles. The van der Waals surface area contributed by atoms with E-state index in [9.17, 15) is 14.7 Å². The van der Waals surface area contributed by atoms with Gasteiger partial charge in [0.2, 0.25) is 0 Å². The third kappa shape index (κ3) is 3.84. The maximum atomic E-state index is 12.6. The lowest BCUT2D eigenvalue weighted by Gasteiger charge is -2.30. The standard InChI is InChI=1S/C21H25NO5/c1-3-17-16(20(24)25)12-18(27-17)19(23)22-13-21(9-4-5-10-21)14-7-6-8-15(11-14)26-2/h6-8,11-12H,3-5,9-10,13H2,1-2H3,(H,22,23)(H,24,25). The zero-order valence-corrected chi connectivity index (χ0v) is 15.7. The van der Waals surface area contributed by atoms with E-state index in [4.69, 9.17) is 9.15 Å². The third-order valence-electron chi connectivity index (χ3n) is 5.41. The zero-order valence-electron chi connectivity index (χ0n) is 15.7. The SMILES string of the molecule is CCc1oc(C(=O)NCC2(c3cccc(OC)c3)CCCC2)cc1C(=O)O. The maximum absolute atomic E-state index is 12.6. The molecular formula is C21H25NO5. The quantitative estimate of drug-likeness (QED) is 0.773. The number of carboxylic acid groups (broad SMARTS) is 1. The van der Waals surface area contributed by atoms with E-state index in [-0.39, 0.29) is 22.6 Å². The van der Waals surface area contributed by atoms with Gasteiger partial charge < -0.3 is 19.6 Å². The van der Waals surface area contributed by atoms with Gasteiger partial charge in [-0.2, -0.15) is 0 Å². The fourth-order valence-corrected chi connectivity index (χ4v) is 3.89. The van der Waals surface area contributed by atoms with Crippen LogP contribution < -0.4 is 10.1 Å². The molecule has 2 N–H and O–H groups in total. The molecule has 6 heteroatoms. The number of carbonyl (C=O) groups is 2. The minimum absolute atomic E-state index is 0.0445. The van der Waals surface area contributed by atoms with E-state index in [0.29, 0.717) is 18.7 Å². The number of ether oxygens (including phenoxy) is 1. The third-order valence-corrected chi connectivity index (χ3v) is 5.41. The summed E-state index contributed by atoms with van der Waals surface area (Å²) in [5.41, 5.74) is 1.06. The van der Waals surface area contributed by atoms with Crippen LogP contribution in [-0.4, -0.2) is 30.6 Å². The molecule has 0 aliphatic heterocycles. The van der Waals surface area contributed by atoms with Crippen molar-refractivity contribution in [3.05, 3.63) is 53.0 Å². The Hall–Kier alpha value is -2.76. The number of nitrogens with one attached hydrogen (secondary N) is 1. The van der Waals surface area contributed by atoms with Crippen LogP contribution in [0.4, 0.5) is 0 Å². The molecule has 0 radical (unpaired) electrons. The van der Waals surface area contributed by atoms with E-state index in [1.165, 1.54) is 6.07 Å². The minimum atomic E-state index is -1.08. The molecule has 144 valence electrons. The molecule has 0 bridgehead atoms. The topological polar surface area (TPSA) is 88.8 Å². The first-order valence-corrected chi connectivity index (χ1v) is 9.28. The van der Waals surface area contributed by atoms with Gasteiger partial charge >= 0.3 is 5.97 Å². The number of carboxylic acids is 1. The molecule has 1 saturated carbocycles. The van der Waals surface area contributed by atoms with Crippen LogP contribution in [0.5, 0.6) is 5.75 Å². The molecule has 1 amide bonds. The van der Waals surface area contributed by atoms with E-state index < -0.39 is 5.97 Å². The maximum Gasteiger partial charge on any atom is 0.339 e. The summed E-state index contributed by atoms with van der Waals surface area (Å²) < 4.78 is 10.8. The molecule has 0 saturated heterocycles. The van der Waals surface area contributed by atoms with Crippen LogP contribution in [0, 0.1) is 0 Å². The van der Waals surface area contributed by atoms with Crippen molar-refractivity contribution in [1.29, 1.82) is 0 Å². The van der Waals surface area contributed by atoms with E-state index >= 15 is 0 Å². The van der Waals surface area contributed by atoms with Crippen molar-refractivity contribution in [3.63, 3.8) is 0 Å². The van der Waals surface area contributed by atoms with Crippen LogP contribution in [0.2, 0.25) is 0 Å². The van der Waals surface area contributed by atoms with E-state index in [1.807, 2.05) is 18.2 Å². The molecular weight excluding hydrogens is 346 g/mol. The van der Waals surface area contributed by atoms with E-state index in [0.717, 1.165) is 37.0 Å². The van der Waals surface area contributed by atoms with Gasteiger partial charge in [0.25, 0.3) is 5.91 Å². The van der Waals surface area contributed by atoms with Gasteiger partial charge in [0.05, 0.1) is 7.11 Å². The Morgan fingerprint density at radius 3 is 2.59 bits per heavy atom. The fourth-order valence-electron chi connectivity index (χ4n) is 3.89. The van der Waals surface area contributed by atoms with Crippen molar-refractivity contribution in [2.24, 2.45) is 0 Å². The fraction of sp³-hybridized carbons (Fsp3) is 0.429. The van der Waals surface area contributed by atoms with Crippen LogP contribution >= 0.6 is 0 Å². The summed E-state index contributed by atoms with van der Waals surface area (Å²) in [5.74, 6) is -0.307. The molecule has 1 aliphatic carbocycles. The summed E-state index contributed by atoms with van der Waals surface area (Å²) >= 11 is 0. The highest BCUT2D eigenvalue weighted by Crippen LogP contribution is 2.41. The summed E-state index contributed by atoms with van der Waals surface area (Å²) in [6.07, 6.45) is 4.61. The Bertz CT molecular complexity index is 833. The number of benzene rings is 1. The summed E-state index contributed by atoms with van der Waals surface area (Å²) in [4.78, 5) is 23.9. The van der Waals surface area contributed by atoms with Crippen LogP contribution in [-0.2, 0) is 11.8 Å². The molecule has 2 aromatic rings. The first kappa shape index (κ1) is 19.0. The van der Waals surface area contributed by atoms with Gasteiger partial charge in [-0.15, -0.1) is 0 Å². The molecule has 1 aliphatic rings. The highest BCUT2D eigenvalue weighted by Gasteiger charge is 2.36. The van der Waals surface area contributed by atoms with Crippen LogP contribution in [0.3, 0.4) is 0 Å². The second-order valence-corrected chi connectivity index (χ2v) is 7.01. The Morgan fingerprint density at radius 2 is 2.00 bits per heavy atom. The molecule has 0 atom stereocenters. The zero-order chi connectivity index (χ0) is 19.4. The molecule has 0 unspecified atom stereocenters. The van der Waals surface area contributed by atoms with Gasteiger partial charge in [0.1, 0.15) is 17.1 Å². The van der Waals surface area contributed by atoms with Gasteiger partial charge in [0, 0.05) is 24.4 Å². The smallest absolute Gasteiger partial charge is 0.339 e. The Kier molecular flexibility index (Phi) is 5.54. The van der Waals surface area contributed by atoms with E-state index in [1.54, 1.807) is 14.0 Å². The number of furan rings is 1. The van der Waals surface area contributed by atoms with Gasteiger partial charge in [-0.3, -0.25) is 4.79 Å². The monoisotopic (exact) mass is 371 g/mol. The molecule has 1 aromatic carbocycles. The van der Waals surface area contributed by atoms with E-state index in [2.05, 4.69) is 11.4 Å². The van der Waals surface area contributed by atoms with Crippen molar-refractivity contribution >= 4 is 11.9 Å². The normalized spacial score (nSPS) is 15.5. The predicted molar refractivity (Wildman–Crippen MR) is 101 cm³/mol. The minimum Gasteiger partial charge on any atom is -0.497 e. The lowest BCUT2D eigenvalue weighted by molar-refractivity contribution is 0.0694. The predicted octanol–water partition coefficient (Wildman–Crippen LogP) is 3.79. The first-order valence-electron chi connectivity index (χ1n) is 9.28. The second kappa shape index (κ2) is 7.86. The number of hydrogen-bond acceptors (Lipinski definition) is 4. The van der Waals surface area contributed by atoms with Crippen molar-refractivity contribution < 1.29 is 23.8 Å². The number of aryl methyl sites for hydroxylation is 1. The highest BCUT2D eigenvalue weighted by molar-refractivity contribution is 5.96. The molecule has 1 fully saturated rings. The van der Waals surface area contributed by atoms with Crippen molar-refractivity contribution in [2.75, 3.05) is 13.7 Å². The lowest BCUT2D eigenvalue weighted by atomic mass is 9.78. The van der Waals surface area contributed by atoms with Crippen LogP contribution in [0.15, 0.2) is 34.7 Å². The average molecular weight is 371 g/mol. The summed E-state index contributed by atoms with van der Waals surface area (Å²) in [7, 11) is 1.64. The number of hydrogen-bond donors (Lipinski definition) is 2. The van der Waals surface area contributed by atoms with Crippen molar-refractivity contribution in [2.45, 2.75) is 44.4 Å². The lowest BCUT2D eigenvalue weighted by Crippen LogP contribution is -2.39. The van der Waals surface area contributed by atoms with Crippen LogP contribution in [0.25, 0.3) is 0 Å². The highest BCUT2D eigenvalue weighted by atomic mass is 16.5. The van der Waals surface area contributed by atoms with Gasteiger partial charge in [-0.25, -0.2) is 4.79 Å². The number of methoxy groups -OCH3 is 1. The molecule has 0 spiro atoms. The molecule has 1 aromatic heterocycles. The Balaban J connectivity index is 1.78.